The Balaban J connectivity index is 1.76. The molecule has 3 rings (SSSR count). The number of hydrogen-bond donors (Lipinski definition) is 3. The summed E-state index contributed by atoms with van der Waals surface area (Å²) in [7, 11) is 0. The fourth-order valence-corrected chi connectivity index (χ4v) is 2.51. The number of hydrogen-bond acceptors (Lipinski definition) is 3. The molecule has 3 aromatic rings. The molecule has 0 saturated carbocycles. The largest absolute Gasteiger partial charge is 0.386 e. The average molecular weight is 331 g/mol. The van der Waals surface area contributed by atoms with Crippen molar-refractivity contribution in [2.24, 2.45) is 0 Å². The Morgan fingerprint density at radius 1 is 1.29 bits per heavy atom. The zero-order valence-electron chi connectivity index (χ0n) is 12.8. The number of carbonyl (C=O) groups is 1. The van der Waals surface area contributed by atoms with Crippen LogP contribution in [0.25, 0.3) is 10.9 Å². The Hall–Kier alpha value is -2.80. The van der Waals surface area contributed by atoms with Gasteiger partial charge in [-0.15, -0.1) is 0 Å². The van der Waals surface area contributed by atoms with Crippen molar-refractivity contribution >= 4 is 16.8 Å². The molecule has 2 aromatic carbocycles. The lowest BCUT2D eigenvalue weighted by Gasteiger charge is -2.13. The van der Waals surface area contributed by atoms with Crippen molar-refractivity contribution in [1.82, 2.24) is 15.5 Å². The van der Waals surface area contributed by atoms with Crippen molar-refractivity contribution in [3.05, 3.63) is 64.9 Å². The second kappa shape index (κ2) is 6.37. The number of rotatable bonds is 4. The summed E-state index contributed by atoms with van der Waals surface area (Å²) < 4.78 is 27.2. The highest BCUT2D eigenvalue weighted by atomic mass is 19.1. The molecule has 0 saturated heterocycles. The van der Waals surface area contributed by atoms with Gasteiger partial charge in [0.05, 0.1) is 11.1 Å². The van der Waals surface area contributed by atoms with E-state index in [2.05, 4.69) is 15.5 Å². The van der Waals surface area contributed by atoms with Gasteiger partial charge in [-0.2, -0.15) is 5.10 Å². The number of nitrogens with one attached hydrogen (secondary N) is 2. The van der Waals surface area contributed by atoms with E-state index in [1.807, 2.05) is 13.0 Å². The summed E-state index contributed by atoms with van der Waals surface area (Å²) in [5, 5.41) is 19.7. The van der Waals surface area contributed by atoms with E-state index in [0.29, 0.717) is 10.9 Å². The van der Waals surface area contributed by atoms with Crippen LogP contribution in [0.2, 0.25) is 0 Å². The number of aliphatic hydroxyl groups excluding tert-OH is 1. The van der Waals surface area contributed by atoms with Gasteiger partial charge in [0, 0.05) is 11.9 Å². The van der Waals surface area contributed by atoms with Crippen LogP contribution in [-0.4, -0.2) is 27.8 Å². The minimum absolute atomic E-state index is 0.162. The molecule has 124 valence electrons. The summed E-state index contributed by atoms with van der Waals surface area (Å²) in [5.74, 6) is -2.27. The summed E-state index contributed by atoms with van der Waals surface area (Å²) in [6.45, 7) is 1.55. The molecule has 0 aliphatic carbocycles. The first kappa shape index (κ1) is 16.1. The van der Waals surface area contributed by atoms with E-state index in [0.717, 1.165) is 17.7 Å². The number of aryl methyl sites for hydroxylation is 1. The number of nitrogens with zero attached hydrogens (tertiary/aromatic N) is 1. The van der Waals surface area contributed by atoms with Gasteiger partial charge in [-0.05, 0) is 31.2 Å². The number of aromatic nitrogens is 2. The number of carbonyl (C=O) groups excluding carboxylic acids is 1. The summed E-state index contributed by atoms with van der Waals surface area (Å²) in [6.07, 6.45) is -1.50. The molecule has 0 fully saturated rings. The predicted octanol–water partition coefficient (Wildman–Crippen LogP) is 2.61. The molecule has 5 nitrogen and oxygen atoms in total. The number of aromatic amines is 1. The molecule has 0 aliphatic heterocycles. The Labute approximate surface area is 136 Å². The smallest absolute Gasteiger partial charge is 0.272 e. The molecule has 3 N–H and O–H groups in total. The van der Waals surface area contributed by atoms with Crippen molar-refractivity contribution in [3.8, 4) is 0 Å². The zero-order chi connectivity index (χ0) is 17.3. The Morgan fingerprint density at radius 3 is 2.71 bits per heavy atom. The highest BCUT2D eigenvalue weighted by molar-refractivity contribution is 6.04. The average Bonchev–Trinajstić information content (AvgIpc) is 2.95. The second-order valence-electron chi connectivity index (χ2n) is 5.48. The van der Waals surface area contributed by atoms with Crippen molar-refractivity contribution in [1.29, 1.82) is 0 Å². The van der Waals surface area contributed by atoms with Crippen LogP contribution < -0.4 is 5.32 Å². The standard InChI is InChI=1S/C17H15F2N3O2/c1-9-5-6-13-10(7-9)16(22-21-13)17(24)20-8-14(23)15-11(18)3-2-4-12(15)19/h2-7,14,23H,8H2,1H3,(H,20,24)(H,21,22). The molecule has 1 atom stereocenters. The molecule has 7 heteroatoms. The molecule has 0 aliphatic rings. The zero-order valence-corrected chi connectivity index (χ0v) is 12.8. The molecule has 0 bridgehead atoms. The van der Waals surface area contributed by atoms with Gasteiger partial charge < -0.3 is 10.4 Å². The molecule has 1 aromatic heterocycles. The number of benzene rings is 2. The van der Waals surface area contributed by atoms with Gasteiger partial charge >= 0.3 is 0 Å². The van der Waals surface area contributed by atoms with E-state index in [9.17, 15) is 18.7 Å². The minimum atomic E-state index is -1.50. The lowest BCUT2D eigenvalue weighted by molar-refractivity contribution is 0.0908. The quantitative estimate of drug-likeness (QED) is 0.688. The fraction of sp³-hybridized carbons (Fsp3) is 0.176. The van der Waals surface area contributed by atoms with Gasteiger partial charge in [-0.1, -0.05) is 17.7 Å². The monoisotopic (exact) mass is 331 g/mol. The molecular weight excluding hydrogens is 316 g/mol. The Bertz CT molecular complexity index is 888. The maximum atomic E-state index is 13.6. The molecule has 0 spiro atoms. The first-order valence-electron chi connectivity index (χ1n) is 7.32. The van der Waals surface area contributed by atoms with E-state index in [1.165, 1.54) is 6.07 Å². The Morgan fingerprint density at radius 2 is 2.00 bits per heavy atom. The number of halogens is 2. The van der Waals surface area contributed by atoms with Gasteiger partial charge in [0.2, 0.25) is 0 Å². The maximum absolute atomic E-state index is 13.6. The van der Waals surface area contributed by atoms with Gasteiger partial charge in [-0.3, -0.25) is 9.89 Å². The van der Waals surface area contributed by atoms with E-state index in [4.69, 9.17) is 0 Å². The number of amides is 1. The summed E-state index contributed by atoms with van der Waals surface area (Å²) in [6, 6.07) is 8.80. The van der Waals surface area contributed by atoms with Gasteiger partial charge in [0.15, 0.2) is 5.69 Å². The molecule has 1 heterocycles. The number of H-pyrrole nitrogens is 1. The lowest BCUT2D eigenvalue weighted by Crippen LogP contribution is -2.29. The maximum Gasteiger partial charge on any atom is 0.272 e. The molecule has 1 unspecified atom stereocenters. The van der Waals surface area contributed by atoms with Crippen molar-refractivity contribution < 1.29 is 18.7 Å². The number of aliphatic hydroxyl groups is 1. The van der Waals surface area contributed by atoms with E-state index in [1.54, 1.807) is 12.1 Å². The van der Waals surface area contributed by atoms with Crippen LogP contribution in [0.1, 0.15) is 27.7 Å². The third kappa shape index (κ3) is 2.98. The van der Waals surface area contributed by atoms with Crippen LogP contribution in [-0.2, 0) is 0 Å². The lowest BCUT2D eigenvalue weighted by atomic mass is 10.1. The van der Waals surface area contributed by atoms with Crippen molar-refractivity contribution in [3.63, 3.8) is 0 Å². The normalized spacial score (nSPS) is 12.3. The summed E-state index contributed by atoms with van der Waals surface area (Å²) in [5.41, 5.74) is 1.35. The predicted molar refractivity (Wildman–Crippen MR) is 84.5 cm³/mol. The molecular formula is C17H15F2N3O2. The van der Waals surface area contributed by atoms with E-state index < -0.39 is 29.2 Å². The first-order valence-corrected chi connectivity index (χ1v) is 7.32. The highest BCUT2D eigenvalue weighted by Gasteiger charge is 2.20. The highest BCUT2D eigenvalue weighted by Crippen LogP contribution is 2.21. The van der Waals surface area contributed by atoms with Crippen LogP contribution in [0.4, 0.5) is 8.78 Å². The minimum Gasteiger partial charge on any atom is -0.386 e. The summed E-state index contributed by atoms with van der Waals surface area (Å²) in [4.78, 5) is 12.2. The van der Waals surface area contributed by atoms with E-state index >= 15 is 0 Å². The molecule has 0 radical (unpaired) electrons. The van der Waals surface area contributed by atoms with Gasteiger partial charge in [-0.25, -0.2) is 8.78 Å². The van der Waals surface area contributed by atoms with Crippen molar-refractivity contribution in [2.75, 3.05) is 6.54 Å². The summed E-state index contributed by atoms with van der Waals surface area (Å²) >= 11 is 0. The SMILES string of the molecule is Cc1ccc2[nH]nc(C(=O)NCC(O)c3c(F)cccc3F)c2c1. The fourth-order valence-electron chi connectivity index (χ4n) is 2.51. The van der Waals surface area contributed by atoms with Gasteiger partial charge in [0.1, 0.15) is 17.7 Å². The molecule has 1 amide bonds. The third-order valence-corrected chi connectivity index (χ3v) is 3.72. The first-order chi connectivity index (χ1) is 11.5. The van der Waals surface area contributed by atoms with Gasteiger partial charge in [0.25, 0.3) is 5.91 Å². The molecule has 24 heavy (non-hydrogen) atoms. The van der Waals surface area contributed by atoms with Crippen LogP contribution in [0.5, 0.6) is 0 Å². The van der Waals surface area contributed by atoms with Crippen LogP contribution >= 0.6 is 0 Å². The Kier molecular flexibility index (Phi) is 4.26. The van der Waals surface area contributed by atoms with E-state index in [-0.39, 0.29) is 12.2 Å². The number of fused-ring (bicyclic) bond motifs is 1. The second-order valence-corrected chi connectivity index (χ2v) is 5.48. The van der Waals surface area contributed by atoms with Crippen LogP contribution in [0.15, 0.2) is 36.4 Å². The third-order valence-electron chi connectivity index (χ3n) is 3.72. The van der Waals surface area contributed by atoms with Crippen molar-refractivity contribution in [2.45, 2.75) is 13.0 Å². The van der Waals surface area contributed by atoms with Crippen LogP contribution in [0.3, 0.4) is 0 Å². The van der Waals surface area contributed by atoms with Crippen LogP contribution in [0, 0.1) is 18.6 Å². The topological polar surface area (TPSA) is 78.0 Å².